The maximum Gasteiger partial charge on any atom is 0.243 e. The number of piperidine rings is 1. The number of nitrogens with one attached hydrogen (secondary N) is 2. The molecule has 2 aliphatic rings. The Bertz CT molecular complexity index is 1330. The lowest BCUT2D eigenvalue weighted by molar-refractivity contribution is -0.0794. The third-order valence-corrected chi connectivity index (χ3v) is 6.71. The largest absolute Gasteiger partial charge is 0.378 e. The molecule has 2 fully saturated rings. The molecule has 2 aliphatic heterocycles. The monoisotopic (exact) mass is 466 g/mol. The minimum atomic E-state index is -1.00. The zero-order valence-electron chi connectivity index (χ0n) is 19.1. The molecule has 12 heteroatoms. The van der Waals surface area contributed by atoms with E-state index in [-0.39, 0.29) is 6.04 Å². The van der Waals surface area contributed by atoms with Gasteiger partial charge in [-0.15, -0.1) is 10.2 Å². The number of alkyl halides is 1. The minimum absolute atomic E-state index is 0.333. The van der Waals surface area contributed by atoms with E-state index in [1.807, 2.05) is 38.4 Å². The Morgan fingerprint density at radius 2 is 2.09 bits per heavy atom. The molecule has 2 saturated heterocycles. The first-order valence-corrected chi connectivity index (χ1v) is 11.6. The number of rotatable bonds is 6. The highest BCUT2D eigenvalue weighted by Crippen LogP contribution is 2.30. The normalized spacial score (nSPS) is 21.7. The van der Waals surface area contributed by atoms with E-state index in [0.29, 0.717) is 50.5 Å². The maximum atomic E-state index is 14.9. The molecule has 4 aromatic heterocycles. The van der Waals surface area contributed by atoms with Gasteiger partial charge in [0.05, 0.1) is 31.0 Å². The van der Waals surface area contributed by atoms with Gasteiger partial charge in [-0.3, -0.25) is 4.90 Å². The number of likely N-dealkylation sites (tertiary alicyclic amines) is 1. The van der Waals surface area contributed by atoms with Crippen molar-refractivity contribution >= 4 is 28.4 Å². The molecule has 4 aromatic rings. The summed E-state index contributed by atoms with van der Waals surface area (Å²) >= 11 is 0. The first kappa shape index (κ1) is 21.2. The molecule has 0 saturated carbocycles. The first-order valence-electron chi connectivity index (χ1n) is 11.6. The van der Waals surface area contributed by atoms with Crippen molar-refractivity contribution in [3.63, 3.8) is 0 Å². The molecule has 34 heavy (non-hydrogen) atoms. The van der Waals surface area contributed by atoms with Crippen molar-refractivity contribution in [2.24, 2.45) is 0 Å². The molecule has 0 amide bonds. The number of aromatic nitrogens is 7. The standard InChI is InChI=1S/C22H27FN10O/c1-3-32-21-18(28-30-32)5-4-16(25-21)14-6-9-33-19(14)20(24-2)27-22(29-33)26-17-7-8-31(10-15(17)23)13-11-34-12-13/h4-6,9,13,15,17H,3,7-8,10-12H2,1-2H3,(H2,24,26,27,29)/t15-,17+/m1/s1. The second-order valence-corrected chi connectivity index (χ2v) is 8.74. The van der Waals surface area contributed by atoms with Gasteiger partial charge in [0.1, 0.15) is 17.2 Å². The van der Waals surface area contributed by atoms with Crippen LogP contribution in [0.1, 0.15) is 13.3 Å². The summed E-state index contributed by atoms with van der Waals surface area (Å²) in [5.41, 5.74) is 3.96. The predicted molar refractivity (Wildman–Crippen MR) is 126 cm³/mol. The van der Waals surface area contributed by atoms with Crippen molar-refractivity contribution in [2.75, 3.05) is 44.0 Å². The lowest BCUT2D eigenvalue weighted by atomic mass is 10.0. The van der Waals surface area contributed by atoms with E-state index in [2.05, 4.69) is 35.9 Å². The van der Waals surface area contributed by atoms with E-state index in [4.69, 9.17) is 9.72 Å². The van der Waals surface area contributed by atoms with Gasteiger partial charge in [0.25, 0.3) is 0 Å². The van der Waals surface area contributed by atoms with Crippen LogP contribution in [0.5, 0.6) is 0 Å². The summed E-state index contributed by atoms with van der Waals surface area (Å²) in [4.78, 5) is 11.6. The molecule has 0 spiro atoms. The molecule has 0 unspecified atom stereocenters. The SMILES string of the molecule is CCn1nnc2ccc(-c3ccn4nc(N[C@H]5CCN(C6COC6)C[C@H]5F)nc(NC)c34)nc21. The smallest absolute Gasteiger partial charge is 0.243 e. The van der Waals surface area contributed by atoms with Crippen molar-refractivity contribution < 1.29 is 9.13 Å². The Morgan fingerprint density at radius 3 is 2.82 bits per heavy atom. The fourth-order valence-electron chi connectivity index (χ4n) is 4.71. The molecule has 2 atom stereocenters. The first-order chi connectivity index (χ1) is 16.6. The highest BCUT2D eigenvalue weighted by Gasteiger charge is 2.35. The van der Waals surface area contributed by atoms with E-state index in [1.54, 1.807) is 9.20 Å². The summed E-state index contributed by atoms with van der Waals surface area (Å²) in [6.45, 7) is 5.32. The Labute approximate surface area is 195 Å². The zero-order valence-corrected chi connectivity index (χ0v) is 19.1. The average molecular weight is 467 g/mol. The molecule has 6 heterocycles. The Morgan fingerprint density at radius 1 is 1.21 bits per heavy atom. The van der Waals surface area contributed by atoms with Gasteiger partial charge in [-0.2, -0.15) is 4.98 Å². The van der Waals surface area contributed by atoms with Crippen LogP contribution in [0.4, 0.5) is 16.2 Å². The van der Waals surface area contributed by atoms with Gasteiger partial charge in [0, 0.05) is 38.4 Å². The molecule has 11 nitrogen and oxygen atoms in total. The number of anilines is 2. The van der Waals surface area contributed by atoms with Crippen molar-refractivity contribution in [3.8, 4) is 11.3 Å². The molecule has 178 valence electrons. The fraction of sp³-hybridized carbons (Fsp3) is 0.500. The van der Waals surface area contributed by atoms with E-state index >= 15 is 0 Å². The molecule has 0 aliphatic carbocycles. The number of ether oxygens (including phenoxy) is 1. The summed E-state index contributed by atoms with van der Waals surface area (Å²) in [5, 5.41) is 19.3. The number of hydrogen-bond acceptors (Lipinski definition) is 9. The lowest BCUT2D eigenvalue weighted by Gasteiger charge is -2.42. The van der Waals surface area contributed by atoms with Crippen LogP contribution in [0.15, 0.2) is 24.4 Å². The average Bonchev–Trinajstić information content (AvgIpc) is 3.42. The number of nitrogens with zero attached hydrogens (tertiary/aromatic N) is 8. The number of fused-ring (bicyclic) bond motifs is 2. The number of pyridine rings is 1. The molecule has 0 radical (unpaired) electrons. The van der Waals surface area contributed by atoms with Crippen molar-refractivity contribution in [1.82, 2.24) is 39.5 Å². The van der Waals surface area contributed by atoms with Gasteiger partial charge in [0.15, 0.2) is 11.5 Å². The predicted octanol–water partition coefficient (Wildman–Crippen LogP) is 1.82. The summed E-state index contributed by atoms with van der Waals surface area (Å²) in [5.74, 6) is 1.03. The molecule has 6 rings (SSSR count). The molecule has 0 bridgehead atoms. The van der Waals surface area contributed by atoms with E-state index in [9.17, 15) is 4.39 Å². The van der Waals surface area contributed by atoms with Crippen molar-refractivity contribution in [1.29, 1.82) is 0 Å². The molecular formula is C22H27FN10O. The summed E-state index contributed by atoms with van der Waals surface area (Å²) in [7, 11) is 1.81. The minimum Gasteiger partial charge on any atom is -0.378 e. The maximum absolute atomic E-state index is 14.9. The van der Waals surface area contributed by atoms with E-state index in [1.165, 1.54) is 0 Å². The topological polar surface area (TPSA) is 110 Å². The van der Waals surface area contributed by atoms with Gasteiger partial charge < -0.3 is 15.4 Å². The second kappa shape index (κ2) is 8.44. The Kier molecular flexibility index (Phi) is 5.26. The lowest BCUT2D eigenvalue weighted by Crippen LogP contribution is -2.57. The van der Waals surface area contributed by atoms with Crippen LogP contribution in [0, 0.1) is 0 Å². The van der Waals surface area contributed by atoms with E-state index < -0.39 is 6.17 Å². The number of hydrogen-bond donors (Lipinski definition) is 2. The number of halogens is 1. The fourth-order valence-corrected chi connectivity index (χ4v) is 4.71. The van der Waals surface area contributed by atoms with Crippen LogP contribution in [-0.4, -0.2) is 91.1 Å². The number of aryl methyl sites for hydroxylation is 1. The van der Waals surface area contributed by atoms with Gasteiger partial charge in [-0.05, 0) is 31.5 Å². The summed E-state index contributed by atoms with van der Waals surface area (Å²) in [6, 6.07) is 5.81. The van der Waals surface area contributed by atoms with Crippen LogP contribution in [-0.2, 0) is 11.3 Å². The van der Waals surface area contributed by atoms with Crippen LogP contribution >= 0.6 is 0 Å². The zero-order chi connectivity index (χ0) is 23.2. The summed E-state index contributed by atoms with van der Waals surface area (Å²) < 4.78 is 23.7. The van der Waals surface area contributed by atoms with Crippen LogP contribution in [0.3, 0.4) is 0 Å². The summed E-state index contributed by atoms with van der Waals surface area (Å²) in [6.07, 6.45) is 1.56. The molecule has 2 N–H and O–H groups in total. The molecular weight excluding hydrogens is 439 g/mol. The van der Waals surface area contributed by atoms with E-state index in [0.717, 1.165) is 34.5 Å². The van der Waals surface area contributed by atoms with Crippen LogP contribution < -0.4 is 10.6 Å². The highest BCUT2D eigenvalue weighted by molar-refractivity contribution is 5.89. The van der Waals surface area contributed by atoms with Crippen molar-refractivity contribution in [2.45, 2.75) is 38.1 Å². The Balaban J connectivity index is 1.29. The Hall–Kier alpha value is -3.38. The third kappa shape index (κ3) is 3.53. The van der Waals surface area contributed by atoms with Gasteiger partial charge in [0.2, 0.25) is 5.95 Å². The van der Waals surface area contributed by atoms with Gasteiger partial charge in [-0.1, -0.05) is 5.21 Å². The van der Waals surface area contributed by atoms with Crippen molar-refractivity contribution in [3.05, 3.63) is 24.4 Å². The van der Waals surface area contributed by atoms with Gasteiger partial charge in [-0.25, -0.2) is 18.6 Å². The van der Waals surface area contributed by atoms with Crippen LogP contribution in [0.25, 0.3) is 27.9 Å². The van der Waals surface area contributed by atoms with Gasteiger partial charge >= 0.3 is 0 Å². The molecule has 0 aromatic carbocycles. The highest BCUT2D eigenvalue weighted by atomic mass is 19.1. The quantitative estimate of drug-likeness (QED) is 0.440. The third-order valence-electron chi connectivity index (χ3n) is 6.71. The second-order valence-electron chi connectivity index (χ2n) is 8.74. The van der Waals surface area contributed by atoms with Crippen LogP contribution in [0.2, 0.25) is 0 Å².